The summed E-state index contributed by atoms with van der Waals surface area (Å²) in [6, 6.07) is 10.1. The van der Waals surface area contributed by atoms with Crippen molar-refractivity contribution in [3.05, 3.63) is 72.4 Å². The summed E-state index contributed by atoms with van der Waals surface area (Å²) in [5.41, 5.74) is 3.52. The van der Waals surface area contributed by atoms with Crippen molar-refractivity contribution in [2.24, 2.45) is 0 Å². The van der Waals surface area contributed by atoms with E-state index in [1.54, 1.807) is 43.3 Å². The number of methoxy groups -OCH3 is 1. The number of hydrogen-bond donors (Lipinski definition) is 1. The molecule has 0 aliphatic heterocycles. The molecule has 34 heavy (non-hydrogen) atoms. The number of pyridine rings is 1. The lowest BCUT2D eigenvalue weighted by Gasteiger charge is -2.17. The molecule has 0 spiro atoms. The Morgan fingerprint density at radius 1 is 1.15 bits per heavy atom. The third-order valence-electron chi connectivity index (χ3n) is 4.61. The lowest BCUT2D eigenvalue weighted by atomic mass is 10.1. The largest absolute Gasteiger partial charge is 0.493 e. The Labute approximate surface area is 199 Å². The maximum atomic E-state index is 13.1. The Morgan fingerprint density at radius 3 is 2.50 bits per heavy atom. The predicted molar refractivity (Wildman–Crippen MR) is 128 cm³/mol. The van der Waals surface area contributed by atoms with Gasteiger partial charge in [0.1, 0.15) is 12.4 Å². The number of benzene rings is 1. The van der Waals surface area contributed by atoms with Gasteiger partial charge in [-0.25, -0.2) is 9.97 Å². The van der Waals surface area contributed by atoms with Crippen LogP contribution in [0.25, 0.3) is 0 Å². The van der Waals surface area contributed by atoms with Gasteiger partial charge in [0, 0.05) is 6.20 Å². The zero-order valence-corrected chi connectivity index (χ0v) is 20.2. The Kier molecular flexibility index (Phi) is 7.88. The van der Waals surface area contributed by atoms with Gasteiger partial charge in [0.05, 0.1) is 7.11 Å². The summed E-state index contributed by atoms with van der Waals surface area (Å²) in [6.45, 7) is 9.19. The molecule has 2 aromatic heterocycles. The van der Waals surface area contributed by atoms with Crippen LogP contribution in [0.15, 0.2) is 66.0 Å². The van der Waals surface area contributed by atoms with E-state index in [4.69, 9.17) is 14.2 Å². The molecule has 3 aromatic rings. The first kappa shape index (κ1) is 24.8. The van der Waals surface area contributed by atoms with Crippen molar-refractivity contribution in [2.75, 3.05) is 18.4 Å². The molecule has 0 saturated heterocycles. The predicted octanol–water partition coefficient (Wildman–Crippen LogP) is 4.63. The maximum absolute atomic E-state index is 13.1. The second-order valence-electron chi connectivity index (χ2n) is 7.42. The Bertz CT molecular complexity index is 1300. The van der Waals surface area contributed by atoms with Crippen LogP contribution in [-0.4, -0.2) is 37.1 Å². The van der Waals surface area contributed by atoms with Crippen molar-refractivity contribution < 1.29 is 22.6 Å². The molecule has 3 rings (SSSR count). The monoisotopic (exact) mass is 482 g/mol. The zero-order valence-electron chi connectivity index (χ0n) is 19.4. The summed E-state index contributed by atoms with van der Waals surface area (Å²) in [7, 11) is -2.60. The summed E-state index contributed by atoms with van der Waals surface area (Å²) in [5, 5.41) is -0.159. The molecule has 0 amide bonds. The summed E-state index contributed by atoms with van der Waals surface area (Å²) in [4.78, 5) is 12.6. The van der Waals surface area contributed by atoms with E-state index in [9.17, 15) is 8.42 Å². The lowest BCUT2D eigenvalue weighted by Crippen LogP contribution is -2.17. The Morgan fingerprint density at radius 2 is 1.88 bits per heavy atom. The fourth-order valence-electron chi connectivity index (χ4n) is 2.86. The van der Waals surface area contributed by atoms with Gasteiger partial charge in [0.25, 0.3) is 15.9 Å². The smallest absolute Gasteiger partial charge is 0.280 e. The first-order chi connectivity index (χ1) is 16.2. The van der Waals surface area contributed by atoms with Gasteiger partial charge in [-0.05, 0) is 42.7 Å². The summed E-state index contributed by atoms with van der Waals surface area (Å²) in [6.07, 6.45) is 3.08. The van der Waals surface area contributed by atoms with E-state index in [1.165, 1.54) is 19.4 Å². The molecule has 178 valence electrons. The van der Waals surface area contributed by atoms with Gasteiger partial charge in [0.15, 0.2) is 22.3 Å². The second-order valence-corrected chi connectivity index (χ2v) is 9.05. The standard InChI is InChI=1S/C24H26N4O5S/c1-6-7-14-32-24-22(33-20-11-9-8-10-19(20)31-5)23(26-17(4)27-24)28-34(29,30)21-13-12-18(15-25-21)16(2)3/h7-13,15-16H,1,14H2,2-5H3,(H,26,27,28). The van der Waals surface area contributed by atoms with Gasteiger partial charge in [-0.2, -0.15) is 13.4 Å². The van der Waals surface area contributed by atoms with Crippen LogP contribution >= 0.6 is 0 Å². The molecule has 1 aromatic carbocycles. The molecule has 0 fully saturated rings. The van der Waals surface area contributed by atoms with E-state index in [1.807, 2.05) is 13.8 Å². The number of para-hydroxylation sites is 2. The highest BCUT2D eigenvalue weighted by Gasteiger charge is 2.25. The van der Waals surface area contributed by atoms with Crippen LogP contribution in [0.1, 0.15) is 31.2 Å². The molecular weight excluding hydrogens is 456 g/mol. The van der Waals surface area contributed by atoms with Gasteiger partial charge >= 0.3 is 0 Å². The molecule has 2 heterocycles. The highest BCUT2D eigenvalue weighted by Crippen LogP contribution is 2.40. The van der Waals surface area contributed by atoms with Crippen molar-refractivity contribution in [3.8, 4) is 23.1 Å². The molecule has 1 N–H and O–H groups in total. The highest BCUT2D eigenvalue weighted by atomic mass is 32.2. The fourth-order valence-corrected chi connectivity index (χ4v) is 3.80. The molecule has 10 heteroatoms. The van der Waals surface area contributed by atoms with E-state index in [-0.39, 0.29) is 40.8 Å². The third kappa shape index (κ3) is 5.92. The highest BCUT2D eigenvalue weighted by molar-refractivity contribution is 7.92. The van der Waals surface area contributed by atoms with Gasteiger partial charge in [0.2, 0.25) is 5.75 Å². The van der Waals surface area contributed by atoms with E-state index >= 15 is 0 Å². The number of nitrogens with zero attached hydrogens (tertiary/aromatic N) is 3. The Balaban J connectivity index is 2.06. The fraction of sp³-hybridized carbons (Fsp3) is 0.250. The van der Waals surface area contributed by atoms with Crippen LogP contribution in [-0.2, 0) is 10.0 Å². The number of aryl methyl sites for hydroxylation is 1. The van der Waals surface area contributed by atoms with Crippen molar-refractivity contribution in [2.45, 2.75) is 31.7 Å². The number of rotatable bonds is 10. The number of ether oxygens (including phenoxy) is 3. The van der Waals surface area contributed by atoms with Gasteiger partial charge < -0.3 is 14.2 Å². The average molecular weight is 483 g/mol. The first-order valence-electron chi connectivity index (χ1n) is 10.4. The minimum absolute atomic E-state index is 0.0325. The normalized spacial score (nSPS) is 11.0. The summed E-state index contributed by atoms with van der Waals surface area (Å²) >= 11 is 0. The van der Waals surface area contributed by atoms with Crippen molar-refractivity contribution in [1.29, 1.82) is 0 Å². The molecular formula is C24H26N4O5S. The topological polar surface area (TPSA) is 113 Å². The maximum Gasteiger partial charge on any atom is 0.280 e. The van der Waals surface area contributed by atoms with Gasteiger partial charge in [-0.1, -0.05) is 38.6 Å². The third-order valence-corrected chi connectivity index (χ3v) is 5.86. The summed E-state index contributed by atoms with van der Waals surface area (Å²) in [5.74, 6) is 1.13. The molecule has 0 radical (unpaired) electrons. The molecule has 0 aliphatic rings. The quantitative estimate of drug-likeness (QED) is 0.417. The molecule has 0 unspecified atom stereocenters. The van der Waals surface area contributed by atoms with Crippen LogP contribution < -0.4 is 18.9 Å². The zero-order chi connectivity index (χ0) is 24.7. The minimum Gasteiger partial charge on any atom is -0.493 e. The summed E-state index contributed by atoms with van der Waals surface area (Å²) < 4.78 is 45.7. The average Bonchev–Trinajstić information content (AvgIpc) is 2.81. The SMILES string of the molecule is C=C=CCOc1nc(C)nc(NS(=O)(=O)c2ccc(C(C)C)cn2)c1Oc1ccccc1OC. The van der Waals surface area contributed by atoms with E-state index in [0.717, 1.165) is 5.56 Å². The van der Waals surface area contributed by atoms with Crippen molar-refractivity contribution in [3.63, 3.8) is 0 Å². The van der Waals surface area contributed by atoms with E-state index in [2.05, 4.69) is 32.0 Å². The molecule has 0 atom stereocenters. The van der Waals surface area contributed by atoms with Crippen LogP contribution in [0.3, 0.4) is 0 Å². The van der Waals surface area contributed by atoms with Gasteiger partial charge in [-0.15, -0.1) is 5.73 Å². The van der Waals surface area contributed by atoms with Crippen LogP contribution in [0.4, 0.5) is 5.82 Å². The molecule has 9 nitrogen and oxygen atoms in total. The van der Waals surface area contributed by atoms with Crippen LogP contribution in [0, 0.1) is 6.92 Å². The lowest BCUT2D eigenvalue weighted by molar-refractivity contribution is 0.319. The van der Waals surface area contributed by atoms with Crippen LogP contribution in [0.2, 0.25) is 0 Å². The molecule has 0 bridgehead atoms. The number of hydrogen-bond acceptors (Lipinski definition) is 8. The van der Waals surface area contributed by atoms with Crippen molar-refractivity contribution >= 4 is 15.8 Å². The Hall–Kier alpha value is -3.88. The van der Waals surface area contributed by atoms with E-state index in [0.29, 0.717) is 11.5 Å². The van der Waals surface area contributed by atoms with E-state index < -0.39 is 10.0 Å². The number of anilines is 1. The molecule has 0 saturated carbocycles. The number of aromatic nitrogens is 3. The number of sulfonamides is 1. The van der Waals surface area contributed by atoms with Gasteiger partial charge in [-0.3, -0.25) is 4.72 Å². The molecule has 0 aliphatic carbocycles. The van der Waals surface area contributed by atoms with Crippen molar-refractivity contribution in [1.82, 2.24) is 15.0 Å². The number of nitrogens with one attached hydrogen (secondary N) is 1. The first-order valence-corrected chi connectivity index (χ1v) is 11.9. The van der Waals surface area contributed by atoms with Crippen LogP contribution in [0.5, 0.6) is 23.1 Å². The minimum atomic E-state index is -4.09. The second kappa shape index (κ2) is 10.8.